The number of pyridine rings is 1. The topological polar surface area (TPSA) is 55.1 Å². The number of aromatic nitrogens is 3. The minimum absolute atomic E-state index is 0.192. The standard InChI is InChI=1S/C18H17FN4O/c19-16-3-1-2-13(10-16)11-23-9-6-15(12-23)18-21-17(22-24-18)14-4-7-20-8-5-14/h1-5,7-8,10,15H,6,9,11-12H2/t15-/m0/s1. The highest BCUT2D eigenvalue weighted by Gasteiger charge is 2.28. The van der Waals surface area contributed by atoms with Crippen molar-refractivity contribution in [1.29, 1.82) is 0 Å². The van der Waals surface area contributed by atoms with Crippen LogP contribution in [0, 0.1) is 5.82 Å². The number of halogens is 1. The second-order valence-electron chi connectivity index (χ2n) is 6.04. The van der Waals surface area contributed by atoms with Gasteiger partial charge in [0.1, 0.15) is 5.82 Å². The molecule has 1 fully saturated rings. The van der Waals surface area contributed by atoms with Gasteiger partial charge in [-0.3, -0.25) is 9.88 Å². The molecular weight excluding hydrogens is 307 g/mol. The smallest absolute Gasteiger partial charge is 0.231 e. The molecule has 0 N–H and O–H groups in total. The zero-order valence-corrected chi connectivity index (χ0v) is 13.1. The van der Waals surface area contributed by atoms with Gasteiger partial charge in [-0.05, 0) is 42.8 Å². The summed E-state index contributed by atoms with van der Waals surface area (Å²) in [6.45, 7) is 2.52. The van der Waals surface area contributed by atoms with Gasteiger partial charge in [0.15, 0.2) is 0 Å². The van der Waals surface area contributed by atoms with Gasteiger partial charge in [-0.25, -0.2) is 4.39 Å². The highest BCUT2D eigenvalue weighted by Crippen LogP contribution is 2.28. The minimum Gasteiger partial charge on any atom is -0.339 e. The van der Waals surface area contributed by atoms with E-state index in [-0.39, 0.29) is 11.7 Å². The first-order valence-corrected chi connectivity index (χ1v) is 7.99. The van der Waals surface area contributed by atoms with Gasteiger partial charge in [0.05, 0.1) is 5.92 Å². The lowest BCUT2D eigenvalue weighted by molar-refractivity contribution is 0.309. The molecule has 0 unspecified atom stereocenters. The molecule has 1 saturated heterocycles. The number of rotatable bonds is 4. The summed E-state index contributed by atoms with van der Waals surface area (Å²) in [5, 5.41) is 4.07. The maximum Gasteiger partial charge on any atom is 0.231 e. The Labute approximate surface area is 139 Å². The summed E-state index contributed by atoms with van der Waals surface area (Å²) in [4.78, 5) is 10.8. The van der Waals surface area contributed by atoms with Crippen molar-refractivity contribution >= 4 is 0 Å². The Balaban J connectivity index is 1.43. The Morgan fingerprint density at radius 2 is 2.08 bits per heavy atom. The highest BCUT2D eigenvalue weighted by atomic mass is 19.1. The molecule has 3 heterocycles. The molecule has 0 aliphatic carbocycles. The van der Waals surface area contributed by atoms with Crippen molar-refractivity contribution in [2.45, 2.75) is 18.9 Å². The minimum atomic E-state index is -0.192. The van der Waals surface area contributed by atoms with E-state index in [0.29, 0.717) is 11.7 Å². The van der Waals surface area contributed by atoms with Crippen LogP contribution in [0.25, 0.3) is 11.4 Å². The predicted molar refractivity (Wildman–Crippen MR) is 86.6 cm³/mol. The van der Waals surface area contributed by atoms with Crippen molar-refractivity contribution in [2.75, 3.05) is 13.1 Å². The zero-order valence-electron chi connectivity index (χ0n) is 13.1. The van der Waals surface area contributed by atoms with Crippen molar-refractivity contribution in [1.82, 2.24) is 20.0 Å². The third kappa shape index (κ3) is 3.19. The van der Waals surface area contributed by atoms with Crippen molar-refractivity contribution in [3.63, 3.8) is 0 Å². The summed E-state index contributed by atoms with van der Waals surface area (Å²) in [6, 6.07) is 10.5. The summed E-state index contributed by atoms with van der Waals surface area (Å²) in [5.41, 5.74) is 1.88. The fourth-order valence-electron chi connectivity index (χ4n) is 3.09. The first kappa shape index (κ1) is 15.0. The number of hydrogen-bond acceptors (Lipinski definition) is 5. The van der Waals surface area contributed by atoms with E-state index < -0.39 is 0 Å². The molecule has 1 aliphatic rings. The van der Waals surface area contributed by atoms with Crippen LogP contribution in [0.2, 0.25) is 0 Å². The van der Waals surface area contributed by atoms with E-state index in [1.165, 1.54) is 6.07 Å². The predicted octanol–water partition coefficient (Wildman–Crippen LogP) is 3.26. The first-order chi connectivity index (χ1) is 11.8. The Kier molecular flexibility index (Phi) is 4.04. The van der Waals surface area contributed by atoms with Crippen LogP contribution in [0.3, 0.4) is 0 Å². The SMILES string of the molecule is Fc1cccc(CN2CC[C@H](c3nc(-c4ccncc4)no3)C2)c1. The molecule has 1 atom stereocenters. The van der Waals surface area contributed by atoms with E-state index >= 15 is 0 Å². The molecule has 3 aromatic rings. The largest absolute Gasteiger partial charge is 0.339 e. The average Bonchev–Trinajstić information content (AvgIpc) is 3.25. The van der Waals surface area contributed by atoms with Crippen LogP contribution in [-0.4, -0.2) is 33.1 Å². The third-order valence-electron chi connectivity index (χ3n) is 4.30. The van der Waals surface area contributed by atoms with Crippen molar-refractivity contribution in [2.24, 2.45) is 0 Å². The summed E-state index contributed by atoms with van der Waals surface area (Å²) in [7, 11) is 0. The molecule has 24 heavy (non-hydrogen) atoms. The monoisotopic (exact) mass is 324 g/mol. The van der Waals surface area contributed by atoms with Crippen LogP contribution in [0.5, 0.6) is 0 Å². The molecule has 4 rings (SSSR count). The van der Waals surface area contributed by atoms with Gasteiger partial charge in [-0.15, -0.1) is 0 Å². The second kappa shape index (κ2) is 6.49. The van der Waals surface area contributed by atoms with E-state index in [1.54, 1.807) is 24.5 Å². The molecule has 0 spiro atoms. The van der Waals surface area contributed by atoms with Crippen LogP contribution in [0.4, 0.5) is 4.39 Å². The summed E-state index contributed by atoms with van der Waals surface area (Å²) >= 11 is 0. The van der Waals surface area contributed by atoms with Crippen molar-refractivity contribution < 1.29 is 8.91 Å². The van der Waals surface area contributed by atoms with E-state index in [2.05, 4.69) is 20.0 Å². The molecule has 5 nitrogen and oxygen atoms in total. The van der Waals surface area contributed by atoms with E-state index in [4.69, 9.17) is 4.52 Å². The fourth-order valence-corrected chi connectivity index (χ4v) is 3.09. The normalized spacial score (nSPS) is 18.1. The quantitative estimate of drug-likeness (QED) is 0.737. The van der Waals surface area contributed by atoms with Crippen LogP contribution in [0.15, 0.2) is 53.3 Å². The average molecular weight is 324 g/mol. The lowest BCUT2D eigenvalue weighted by atomic mass is 10.1. The molecule has 6 heteroatoms. The summed E-state index contributed by atoms with van der Waals surface area (Å²) in [6.07, 6.45) is 4.39. The van der Waals surface area contributed by atoms with Gasteiger partial charge in [-0.1, -0.05) is 17.3 Å². The van der Waals surface area contributed by atoms with Crippen molar-refractivity contribution in [3.05, 3.63) is 66.1 Å². The van der Waals surface area contributed by atoms with E-state index in [0.717, 1.165) is 37.2 Å². The molecule has 2 aromatic heterocycles. The van der Waals surface area contributed by atoms with Gasteiger partial charge >= 0.3 is 0 Å². The molecule has 0 bridgehead atoms. The Bertz CT molecular complexity index is 821. The van der Waals surface area contributed by atoms with Crippen LogP contribution in [-0.2, 0) is 6.54 Å². The number of likely N-dealkylation sites (tertiary alicyclic amines) is 1. The molecule has 1 aliphatic heterocycles. The molecule has 0 saturated carbocycles. The third-order valence-corrected chi connectivity index (χ3v) is 4.30. The summed E-state index contributed by atoms with van der Waals surface area (Å²) < 4.78 is 18.7. The number of nitrogens with zero attached hydrogens (tertiary/aromatic N) is 4. The lowest BCUT2D eigenvalue weighted by Gasteiger charge is -2.15. The van der Waals surface area contributed by atoms with Gasteiger partial charge in [0, 0.05) is 31.0 Å². The van der Waals surface area contributed by atoms with Gasteiger partial charge in [0.2, 0.25) is 11.7 Å². The Morgan fingerprint density at radius 1 is 1.21 bits per heavy atom. The molecular formula is C18H17FN4O. The van der Waals surface area contributed by atoms with Crippen LogP contribution < -0.4 is 0 Å². The van der Waals surface area contributed by atoms with Crippen LogP contribution >= 0.6 is 0 Å². The molecule has 0 amide bonds. The Hall–Kier alpha value is -2.60. The molecule has 0 radical (unpaired) electrons. The lowest BCUT2D eigenvalue weighted by Crippen LogP contribution is -2.19. The zero-order chi connectivity index (χ0) is 16.4. The highest BCUT2D eigenvalue weighted by molar-refractivity contribution is 5.52. The molecule has 1 aromatic carbocycles. The van der Waals surface area contributed by atoms with Crippen LogP contribution in [0.1, 0.15) is 23.8 Å². The van der Waals surface area contributed by atoms with Crippen molar-refractivity contribution in [3.8, 4) is 11.4 Å². The first-order valence-electron chi connectivity index (χ1n) is 7.99. The maximum atomic E-state index is 13.3. The van der Waals surface area contributed by atoms with Gasteiger partial charge in [0.25, 0.3) is 0 Å². The number of hydrogen-bond donors (Lipinski definition) is 0. The molecule has 122 valence electrons. The van der Waals surface area contributed by atoms with Gasteiger partial charge < -0.3 is 4.52 Å². The Morgan fingerprint density at radius 3 is 2.92 bits per heavy atom. The fraction of sp³-hybridized carbons (Fsp3) is 0.278. The summed E-state index contributed by atoms with van der Waals surface area (Å²) in [5.74, 6) is 1.29. The number of benzene rings is 1. The maximum absolute atomic E-state index is 13.3. The second-order valence-corrected chi connectivity index (χ2v) is 6.04. The van der Waals surface area contributed by atoms with Gasteiger partial charge in [-0.2, -0.15) is 4.98 Å². The van der Waals surface area contributed by atoms with E-state index in [9.17, 15) is 4.39 Å². The van der Waals surface area contributed by atoms with E-state index in [1.807, 2.05) is 18.2 Å².